The third-order valence-corrected chi connectivity index (χ3v) is 6.71. The number of hydrogen-bond acceptors (Lipinski definition) is 6. The van der Waals surface area contributed by atoms with E-state index in [2.05, 4.69) is 10.2 Å². The number of carbonyl (C=O) groups is 3. The second-order valence-corrected chi connectivity index (χ2v) is 8.85. The second-order valence-electron chi connectivity index (χ2n) is 7.08. The van der Waals surface area contributed by atoms with E-state index < -0.39 is 17.1 Å². The Bertz CT molecular complexity index is 1100. The van der Waals surface area contributed by atoms with Crippen LogP contribution < -0.4 is 10.2 Å². The van der Waals surface area contributed by atoms with Crippen LogP contribution in [0.25, 0.3) is 6.08 Å². The molecule has 2 aliphatic heterocycles. The van der Waals surface area contributed by atoms with Crippen molar-refractivity contribution in [3.05, 3.63) is 63.0 Å². The van der Waals surface area contributed by atoms with Gasteiger partial charge in [-0.3, -0.25) is 19.3 Å². The molecule has 2 aliphatic rings. The van der Waals surface area contributed by atoms with Crippen LogP contribution in [0.2, 0.25) is 10.0 Å². The van der Waals surface area contributed by atoms with Crippen molar-refractivity contribution in [1.82, 2.24) is 4.90 Å². The summed E-state index contributed by atoms with van der Waals surface area (Å²) < 4.78 is 5.39. The highest BCUT2D eigenvalue weighted by Crippen LogP contribution is 2.35. The van der Waals surface area contributed by atoms with Crippen LogP contribution in [0.5, 0.6) is 0 Å². The second kappa shape index (κ2) is 9.95. The van der Waals surface area contributed by atoms with E-state index in [1.165, 1.54) is 6.08 Å². The predicted molar refractivity (Wildman–Crippen MR) is 127 cm³/mol. The Hall–Kier alpha value is -2.52. The van der Waals surface area contributed by atoms with Gasteiger partial charge in [0, 0.05) is 13.1 Å². The zero-order valence-electron chi connectivity index (χ0n) is 16.8. The molecule has 2 aromatic rings. The first-order valence-electron chi connectivity index (χ1n) is 9.85. The highest BCUT2D eigenvalue weighted by Gasteiger charge is 2.36. The van der Waals surface area contributed by atoms with E-state index in [9.17, 15) is 14.4 Å². The van der Waals surface area contributed by atoms with Crippen molar-refractivity contribution in [3.8, 4) is 0 Å². The summed E-state index contributed by atoms with van der Waals surface area (Å²) in [5, 5.41) is 2.94. The maximum atomic E-state index is 12.8. The van der Waals surface area contributed by atoms with Gasteiger partial charge in [-0.15, -0.1) is 0 Å². The van der Waals surface area contributed by atoms with Crippen LogP contribution in [0, 0.1) is 0 Å². The number of morpholine rings is 1. The van der Waals surface area contributed by atoms with E-state index in [-0.39, 0.29) is 11.4 Å². The molecular formula is C22H19Cl2N3O4S. The summed E-state index contributed by atoms with van der Waals surface area (Å²) in [4.78, 5) is 41.1. The number of nitrogens with zero attached hydrogens (tertiary/aromatic N) is 2. The molecule has 32 heavy (non-hydrogen) atoms. The van der Waals surface area contributed by atoms with Crippen molar-refractivity contribution in [2.24, 2.45) is 0 Å². The standard InChI is InChI=1S/C22H19Cl2N3O4S/c23-15-5-3-4-14(20(15)24)12-18-21(29)27(22(30)32-18)13-19(28)25-16-6-1-2-7-17(16)26-8-10-31-11-9-26/h1-7,12H,8-11,13H2,(H,25,28)/b18-12+. The lowest BCUT2D eigenvalue weighted by molar-refractivity contribution is -0.127. The fourth-order valence-corrected chi connectivity index (χ4v) is 4.59. The van der Waals surface area contributed by atoms with Crippen molar-refractivity contribution in [1.29, 1.82) is 0 Å². The zero-order chi connectivity index (χ0) is 22.7. The molecular weight excluding hydrogens is 473 g/mol. The number of anilines is 2. The van der Waals surface area contributed by atoms with Crippen LogP contribution in [0.4, 0.5) is 16.2 Å². The molecule has 3 amide bonds. The smallest absolute Gasteiger partial charge is 0.294 e. The summed E-state index contributed by atoms with van der Waals surface area (Å²) in [5.41, 5.74) is 2.01. The minimum absolute atomic E-state index is 0.181. The summed E-state index contributed by atoms with van der Waals surface area (Å²) in [7, 11) is 0. The quantitative estimate of drug-likeness (QED) is 0.620. The Kier molecular flexibility index (Phi) is 7.05. The van der Waals surface area contributed by atoms with E-state index in [1.54, 1.807) is 24.3 Å². The third kappa shape index (κ3) is 4.94. The van der Waals surface area contributed by atoms with E-state index in [1.807, 2.05) is 18.2 Å². The van der Waals surface area contributed by atoms with Crippen molar-refractivity contribution >= 4 is 69.5 Å². The predicted octanol–water partition coefficient (Wildman–Crippen LogP) is 4.51. The first-order chi connectivity index (χ1) is 15.4. The summed E-state index contributed by atoms with van der Waals surface area (Å²) >= 11 is 12.9. The van der Waals surface area contributed by atoms with Gasteiger partial charge in [0.1, 0.15) is 6.54 Å². The number of para-hydroxylation sites is 2. The first kappa shape index (κ1) is 22.7. The molecule has 1 N–H and O–H groups in total. The van der Waals surface area contributed by atoms with Gasteiger partial charge in [0.15, 0.2) is 0 Å². The van der Waals surface area contributed by atoms with E-state index in [0.29, 0.717) is 47.6 Å². The molecule has 0 saturated carbocycles. The number of nitrogens with one attached hydrogen (secondary N) is 1. The Morgan fingerprint density at radius 3 is 2.62 bits per heavy atom. The number of amides is 3. The third-order valence-electron chi connectivity index (χ3n) is 4.97. The lowest BCUT2D eigenvalue weighted by Crippen LogP contribution is -2.38. The van der Waals surface area contributed by atoms with Gasteiger partial charge in [-0.2, -0.15) is 0 Å². The van der Waals surface area contributed by atoms with Crippen molar-refractivity contribution in [2.75, 3.05) is 43.1 Å². The minimum atomic E-state index is -0.548. The van der Waals surface area contributed by atoms with Crippen LogP contribution in [0.1, 0.15) is 5.56 Å². The number of carbonyl (C=O) groups excluding carboxylic acids is 3. The van der Waals surface area contributed by atoms with Crippen LogP contribution in [0.15, 0.2) is 47.4 Å². The van der Waals surface area contributed by atoms with Gasteiger partial charge >= 0.3 is 0 Å². The summed E-state index contributed by atoms with van der Waals surface area (Å²) in [6.07, 6.45) is 1.50. The molecule has 0 bridgehead atoms. The molecule has 2 saturated heterocycles. The van der Waals surface area contributed by atoms with Gasteiger partial charge in [0.25, 0.3) is 11.1 Å². The fourth-order valence-electron chi connectivity index (χ4n) is 3.40. The average molecular weight is 492 g/mol. The molecule has 2 aromatic carbocycles. The number of rotatable bonds is 5. The summed E-state index contributed by atoms with van der Waals surface area (Å²) in [6.45, 7) is 2.27. The Morgan fingerprint density at radius 2 is 1.84 bits per heavy atom. The van der Waals surface area contributed by atoms with Gasteiger partial charge in [-0.25, -0.2) is 0 Å². The average Bonchev–Trinajstić information content (AvgIpc) is 3.05. The first-order valence-corrected chi connectivity index (χ1v) is 11.4. The lowest BCUT2D eigenvalue weighted by Gasteiger charge is -2.30. The van der Waals surface area contributed by atoms with Crippen LogP contribution in [-0.4, -0.2) is 54.8 Å². The monoisotopic (exact) mass is 491 g/mol. The number of halogens is 2. The molecule has 0 spiro atoms. The molecule has 4 rings (SSSR count). The van der Waals surface area contributed by atoms with Crippen LogP contribution >= 0.6 is 35.0 Å². The zero-order valence-corrected chi connectivity index (χ0v) is 19.2. The van der Waals surface area contributed by atoms with E-state index in [0.717, 1.165) is 22.3 Å². The molecule has 2 fully saturated rings. The Morgan fingerprint density at radius 1 is 1.09 bits per heavy atom. The number of ether oxygens (including phenoxy) is 1. The Balaban J connectivity index is 1.46. The highest BCUT2D eigenvalue weighted by atomic mass is 35.5. The van der Waals surface area contributed by atoms with Gasteiger partial charge < -0.3 is 15.0 Å². The SMILES string of the molecule is O=C(CN1C(=O)S/C(=C/c2cccc(Cl)c2Cl)C1=O)Nc1ccccc1N1CCOCC1. The maximum Gasteiger partial charge on any atom is 0.294 e. The largest absolute Gasteiger partial charge is 0.378 e. The fraction of sp³-hybridized carbons (Fsp3) is 0.227. The molecule has 0 aromatic heterocycles. The molecule has 0 radical (unpaired) electrons. The molecule has 0 unspecified atom stereocenters. The lowest BCUT2D eigenvalue weighted by atomic mass is 10.2. The Labute approximate surface area is 199 Å². The van der Waals surface area contributed by atoms with Crippen molar-refractivity contribution in [3.63, 3.8) is 0 Å². The van der Waals surface area contributed by atoms with E-state index in [4.69, 9.17) is 27.9 Å². The topological polar surface area (TPSA) is 79.0 Å². The molecule has 10 heteroatoms. The highest BCUT2D eigenvalue weighted by molar-refractivity contribution is 8.18. The summed E-state index contributed by atoms with van der Waals surface area (Å²) in [5.74, 6) is -1.01. The molecule has 166 valence electrons. The molecule has 7 nitrogen and oxygen atoms in total. The van der Waals surface area contributed by atoms with E-state index >= 15 is 0 Å². The minimum Gasteiger partial charge on any atom is -0.378 e. The van der Waals surface area contributed by atoms with Gasteiger partial charge in [-0.05, 0) is 41.6 Å². The van der Waals surface area contributed by atoms with Gasteiger partial charge in [-0.1, -0.05) is 47.5 Å². The van der Waals surface area contributed by atoms with Crippen LogP contribution in [-0.2, 0) is 14.3 Å². The number of benzene rings is 2. The summed E-state index contributed by atoms with van der Waals surface area (Å²) in [6, 6.07) is 12.4. The van der Waals surface area contributed by atoms with Gasteiger partial charge in [0.2, 0.25) is 5.91 Å². The number of thioether (sulfide) groups is 1. The maximum absolute atomic E-state index is 12.8. The molecule has 0 aliphatic carbocycles. The van der Waals surface area contributed by atoms with Crippen LogP contribution in [0.3, 0.4) is 0 Å². The number of hydrogen-bond donors (Lipinski definition) is 1. The van der Waals surface area contributed by atoms with Crippen molar-refractivity contribution < 1.29 is 19.1 Å². The normalized spacial score (nSPS) is 17.9. The molecule has 2 heterocycles. The number of imide groups is 1. The van der Waals surface area contributed by atoms with Gasteiger partial charge in [0.05, 0.1) is 39.5 Å². The van der Waals surface area contributed by atoms with Crippen molar-refractivity contribution in [2.45, 2.75) is 0 Å². The molecule has 0 atom stereocenters.